The molecule has 264 valence electrons. The molecule has 2 aromatic heterocycles. The summed E-state index contributed by atoms with van der Waals surface area (Å²) >= 11 is 0. The largest absolute Gasteiger partial charge is 0.309 e. The Morgan fingerprint density at radius 3 is 1.82 bits per heavy atom. The first kappa shape index (κ1) is 32.1. The molecule has 0 spiro atoms. The standard InChI is InChI=1S/C50H39N5/c1-51-40-23-19-37(20-24-40)48-52-47(36-9-3-2-4-10-36)53-49(54-48)43-14-8-16-45-46(43)42-13-5-6-15-44(42)55(45)41-12-7-11-38(28-41)35-17-21-39(22-18-35)50-29-32-25-33(30-50)27-34(26-32)31-50/h2-24,28,32-34H,25-27,29-31H2. The maximum atomic E-state index is 7.43. The average molecular weight is 710 g/mol. The monoisotopic (exact) mass is 709 g/mol. The minimum Gasteiger partial charge on any atom is -0.309 e. The number of rotatable bonds is 6. The van der Waals surface area contributed by atoms with Gasteiger partial charge in [0, 0.05) is 33.2 Å². The van der Waals surface area contributed by atoms with Crippen LogP contribution in [-0.4, -0.2) is 19.5 Å². The van der Waals surface area contributed by atoms with Gasteiger partial charge in [0.05, 0.1) is 17.6 Å². The highest BCUT2D eigenvalue weighted by Crippen LogP contribution is 2.60. The fraction of sp³-hybridized carbons (Fsp3) is 0.200. The van der Waals surface area contributed by atoms with Gasteiger partial charge in [0.15, 0.2) is 23.2 Å². The first-order valence-corrected chi connectivity index (χ1v) is 19.6. The Balaban J connectivity index is 1.03. The van der Waals surface area contributed by atoms with Crippen molar-refractivity contribution in [2.24, 2.45) is 17.8 Å². The highest BCUT2D eigenvalue weighted by Gasteiger charge is 2.51. The predicted molar refractivity (Wildman–Crippen MR) is 222 cm³/mol. The number of fused-ring (bicyclic) bond motifs is 3. The van der Waals surface area contributed by atoms with Gasteiger partial charge in [-0.3, -0.25) is 0 Å². The zero-order valence-corrected chi connectivity index (χ0v) is 30.6. The number of benzene rings is 6. The smallest absolute Gasteiger partial charge is 0.187 e. The molecule has 5 heteroatoms. The molecular formula is C50H39N5. The van der Waals surface area contributed by atoms with Crippen molar-refractivity contribution in [1.29, 1.82) is 0 Å². The van der Waals surface area contributed by atoms with Crippen molar-refractivity contribution in [3.05, 3.63) is 163 Å². The van der Waals surface area contributed by atoms with Gasteiger partial charge in [-0.05, 0) is 103 Å². The van der Waals surface area contributed by atoms with Crippen LogP contribution in [0.5, 0.6) is 0 Å². The van der Waals surface area contributed by atoms with Crippen LogP contribution in [0.4, 0.5) is 5.69 Å². The van der Waals surface area contributed by atoms with Crippen LogP contribution in [0, 0.1) is 24.3 Å². The minimum absolute atomic E-state index is 0.403. The number of aromatic nitrogens is 4. The highest BCUT2D eigenvalue weighted by molar-refractivity contribution is 6.15. The molecule has 5 nitrogen and oxygen atoms in total. The molecule has 0 amide bonds. The van der Waals surface area contributed by atoms with Crippen molar-refractivity contribution in [2.75, 3.05) is 0 Å². The fourth-order valence-electron chi connectivity index (χ4n) is 10.8. The molecule has 4 aliphatic carbocycles. The molecule has 4 saturated carbocycles. The topological polar surface area (TPSA) is 48.0 Å². The summed E-state index contributed by atoms with van der Waals surface area (Å²) < 4.78 is 2.38. The summed E-state index contributed by atoms with van der Waals surface area (Å²) in [4.78, 5) is 18.7. The fourth-order valence-corrected chi connectivity index (χ4v) is 10.8. The van der Waals surface area contributed by atoms with E-state index >= 15 is 0 Å². The summed E-state index contributed by atoms with van der Waals surface area (Å²) in [6.07, 6.45) is 8.58. The molecule has 4 aliphatic rings. The van der Waals surface area contributed by atoms with E-state index in [9.17, 15) is 0 Å². The van der Waals surface area contributed by atoms with Crippen LogP contribution in [0.3, 0.4) is 0 Å². The quantitative estimate of drug-likeness (QED) is 0.162. The lowest BCUT2D eigenvalue weighted by Gasteiger charge is -2.57. The summed E-state index contributed by atoms with van der Waals surface area (Å²) in [5.41, 5.74) is 11.1. The van der Waals surface area contributed by atoms with Gasteiger partial charge in [-0.25, -0.2) is 19.8 Å². The van der Waals surface area contributed by atoms with Gasteiger partial charge in [-0.1, -0.05) is 121 Å². The minimum atomic E-state index is 0.403. The third-order valence-electron chi connectivity index (χ3n) is 12.8. The second-order valence-electron chi connectivity index (χ2n) is 16.2. The lowest BCUT2D eigenvalue weighted by atomic mass is 9.48. The first-order valence-electron chi connectivity index (χ1n) is 19.6. The van der Waals surface area contributed by atoms with E-state index in [2.05, 4.69) is 100 Å². The molecule has 4 fully saturated rings. The zero-order valence-electron chi connectivity index (χ0n) is 30.6. The van der Waals surface area contributed by atoms with Crippen molar-refractivity contribution in [3.8, 4) is 51.0 Å². The van der Waals surface area contributed by atoms with Crippen LogP contribution in [0.15, 0.2) is 146 Å². The number of hydrogen-bond donors (Lipinski definition) is 0. The molecule has 2 heterocycles. The predicted octanol–water partition coefficient (Wildman–Crippen LogP) is 12.7. The van der Waals surface area contributed by atoms with Crippen molar-refractivity contribution in [3.63, 3.8) is 0 Å². The van der Waals surface area contributed by atoms with Gasteiger partial charge in [-0.2, -0.15) is 0 Å². The van der Waals surface area contributed by atoms with E-state index in [0.717, 1.165) is 61.9 Å². The molecule has 8 aromatic rings. The van der Waals surface area contributed by atoms with E-state index in [1.165, 1.54) is 49.7 Å². The van der Waals surface area contributed by atoms with Crippen LogP contribution < -0.4 is 0 Å². The van der Waals surface area contributed by atoms with Crippen LogP contribution in [0.2, 0.25) is 0 Å². The molecule has 0 saturated heterocycles. The van der Waals surface area contributed by atoms with Crippen LogP contribution in [0.1, 0.15) is 44.1 Å². The van der Waals surface area contributed by atoms with E-state index in [4.69, 9.17) is 21.5 Å². The first-order chi connectivity index (χ1) is 27.1. The van der Waals surface area contributed by atoms with Gasteiger partial charge >= 0.3 is 0 Å². The van der Waals surface area contributed by atoms with E-state index in [1.54, 1.807) is 5.56 Å². The van der Waals surface area contributed by atoms with E-state index in [1.807, 2.05) is 54.6 Å². The SMILES string of the molecule is [C-]#[N+]c1ccc(-c2nc(-c3ccccc3)nc(-c3cccc4c3c3ccccc3n4-c3cccc(-c4ccc(C56CC7CC(CC(C7)C5)C6)cc4)c3)n2)cc1. The van der Waals surface area contributed by atoms with E-state index < -0.39 is 0 Å². The molecule has 0 aliphatic heterocycles. The Morgan fingerprint density at radius 1 is 0.527 bits per heavy atom. The summed E-state index contributed by atoms with van der Waals surface area (Å²) in [5.74, 6) is 4.61. The van der Waals surface area contributed by atoms with Crippen LogP contribution >= 0.6 is 0 Å². The third kappa shape index (κ3) is 5.39. The lowest BCUT2D eigenvalue weighted by molar-refractivity contribution is -0.00518. The maximum absolute atomic E-state index is 7.43. The summed E-state index contributed by atoms with van der Waals surface area (Å²) in [6, 6.07) is 51.2. The van der Waals surface area contributed by atoms with Crippen molar-refractivity contribution in [1.82, 2.24) is 19.5 Å². The second kappa shape index (κ2) is 12.6. The van der Waals surface area contributed by atoms with Crippen molar-refractivity contribution >= 4 is 27.5 Å². The van der Waals surface area contributed by atoms with Crippen molar-refractivity contribution in [2.45, 2.75) is 43.9 Å². The summed E-state index contributed by atoms with van der Waals surface area (Å²) in [7, 11) is 0. The van der Waals surface area contributed by atoms with Crippen LogP contribution in [-0.2, 0) is 5.41 Å². The van der Waals surface area contributed by atoms with Gasteiger partial charge < -0.3 is 4.57 Å². The summed E-state index contributed by atoms with van der Waals surface area (Å²) in [6.45, 7) is 7.43. The molecule has 0 atom stereocenters. The van der Waals surface area contributed by atoms with E-state index in [-0.39, 0.29) is 0 Å². The number of nitrogens with zero attached hydrogens (tertiary/aromatic N) is 5. The highest BCUT2D eigenvalue weighted by atomic mass is 15.0. The van der Waals surface area contributed by atoms with Gasteiger partial charge in [-0.15, -0.1) is 0 Å². The third-order valence-corrected chi connectivity index (χ3v) is 12.8. The molecular weight excluding hydrogens is 671 g/mol. The molecule has 12 rings (SSSR count). The number of hydrogen-bond acceptors (Lipinski definition) is 3. The summed E-state index contributed by atoms with van der Waals surface area (Å²) in [5, 5.41) is 2.24. The number of para-hydroxylation sites is 1. The Morgan fingerprint density at radius 2 is 1.11 bits per heavy atom. The van der Waals surface area contributed by atoms with Gasteiger partial charge in [0.25, 0.3) is 0 Å². The Kier molecular flexibility index (Phi) is 7.35. The molecule has 55 heavy (non-hydrogen) atoms. The molecule has 0 unspecified atom stereocenters. The maximum Gasteiger partial charge on any atom is 0.187 e. The Bertz CT molecular complexity index is 2760. The normalized spacial score (nSPS) is 21.3. The molecule has 0 N–H and O–H groups in total. The van der Waals surface area contributed by atoms with Crippen LogP contribution in [0.25, 0.3) is 77.6 Å². The second-order valence-corrected chi connectivity index (χ2v) is 16.2. The molecule has 4 bridgehead atoms. The lowest BCUT2D eigenvalue weighted by Crippen LogP contribution is -2.48. The Labute approximate surface area is 321 Å². The van der Waals surface area contributed by atoms with Gasteiger partial charge in [0.1, 0.15) is 0 Å². The Hall–Kier alpha value is -6.38. The zero-order chi connectivity index (χ0) is 36.5. The van der Waals surface area contributed by atoms with Crippen molar-refractivity contribution < 1.29 is 0 Å². The van der Waals surface area contributed by atoms with Gasteiger partial charge in [0.2, 0.25) is 0 Å². The molecule has 6 aromatic carbocycles. The molecule has 0 radical (unpaired) electrons. The van der Waals surface area contributed by atoms with E-state index in [0.29, 0.717) is 28.6 Å². The average Bonchev–Trinajstić information content (AvgIpc) is 3.58.